The number of aromatic nitrogens is 3. The molecule has 0 saturated carbocycles. The van der Waals surface area contributed by atoms with E-state index in [2.05, 4.69) is 0 Å². The van der Waals surface area contributed by atoms with E-state index in [0.717, 1.165) is 21.9 Å². The lowest BCUT2D eigenvalue weighted by atomic mass is 9.93. The maximum absolute atomic E-state index is 9.20. The molecule has 10 rings (SSSR count). The van der Waals surface area contributed by atoms with Crippen LogP contribution >= 0.6 is 0 Å². The molecular weight excluding hydrogens is 643 g/mol. The average molecular weight is 693 g/mol. The summed E-state index contributed by atoms with van der Waals surface area (Å²) in [4.78, 5) is 9.73. The van der Waals surface area contributed by atoms with Crippen molar-refractivity contribution in [2.45, 2.75) is 0 Å². The number of nitrogens with zero attached hydrogens (tertiary/aromatic N) is 3. The first-order valence-corrected chi connectivity index (χ1v) is 16.6. The van der Waals surface area contributed by atoms with Gasteiger partial charge in [0.25, 0.3) is 0 Å². The van der Waals surface area contributed by atoms with Gasteiger partial charge in [0.15, 0.2) is 5.82 Å². The minimum Gasteiger partial charge on any atom is -0.309 e. The van der Waals surface area contributed by atoms with Crippen LogP contribution in [0.3, 0.4) is 0 Å². The molecule has 0 aliphatic carbocycles. The molecule has 0 atom stereocenters. The molecule has 248 valence electrons. The Balaban J connectivity index is 1.14. The first kappa shape index (κ1) is 17.9. The van der Waals surface area contributed by atoms with Gasteiger partial charge in [0.05, 0.1) is 45.7 Å². The van der Waals surface area contributed by atoms with Crippen molar-refractivity contribution in [3.63, 3.8) is 0 Å². The summed E-state index contributed by atoms with van der Waals surface area (Å²) in [5.41, 5.74) is 2.43. The number of rotatable bonds is 6. The molecule has 3 nitrogen and oxygen atoms in total. The van der Waals surface area contributed by atoms with Crippen molar-refractivity contribution < 1.29 is 23.3 Å². The quantitative estimate of drug-likeness (QED) is 0.174. The molecule has 0 N–H and O–H groups in total. The average Bonchev–Trinajstić information content (AvgIpc) is 3.74. The van der Waals surface area contributed by atoms with E-state index in [1.807, 2.05) is 42.5 Å². The summed E-state index contributed by atoms with van der Waals surface area (Å²) in [6.07, 6.45) is 0. The molecule has 0 saturated heterocycles. The summed E-state index contributed by atoms with van der Waals surface area (Å²) in [6.45, 7) is 0. The second-order valence-electron chi connectivity index (χ2n) is 12.1. The Morgan fingerprint density at radius 1 is 0.377 bits per heavy atom. The van der Waals surface area contributed by atoms with E-state index >= 15 is 0 Å². The third kappa shape index (κ3) is 5.47. The zero-order valence-electron chi connectivity index (χ0n) is 44.6. The van der Waals surface area contributed by atoms with Crippen molar-refractivity contribution in [2.24, 2.45) is 0 Å². The fourth-order valence-electron chi connectivity index (χ4n) is 6.61. The summed E-state index contributed by atoms with van der Waals surface area (Å²) in [6, 6.07) is 19.4. The standard InChI is InChI=1S/C50H33N3/c1-3-13-34(14-4-1)35-23-25-37(26-24-35)46-33-47(52-50(51-46)38-15-5-2-6-16-38)43-32-31-40(41-17-7-8-18-42(41)43)36-27-29-39(30-28-36)53-48-21-11-9-19-44(48)45-20-10-12-22-49(45)53/h1-33H/i1D,3D,4D,9D,10D,11D,12D,13D,14D,19D,20D,21D,22D,23D,24D,25D,26D. The van der Waals surface area contributed by atoms with Gasteiger partial charge in [0, 0.05) is 33.2 Å². The molecule has 2 heterocycles. The van der Waals surface area contributed by atoms with Crippen LogP contribution in [0.1, 0.15) is 23.3 Å². The van der Waals surface area contributed by atoms with E-state index in [9.17, 15) is 2.74 Å². The third-order valence-corrected chi connectivity index (χ3v) is 9.06. The molecule has 3 heteroatoms. The Labute approximate surface area is 332 Å². The van der Waals surface area contributed by atoms with E-state index in [4.69, 9.17) is 30.5 Å². The molecule has 0 amide bonds. The number of hydrogen-bond acceptors (Lipinski definition) is 2. The Hall–Kier alpha value is -7.10. The molecule has 0 bridgehead atoms. The van der Waals surface area contributed by atoms with Crippen molar-refractivity contribution in [3.8, 4) is 61.8 Å². The van der Waals surface area contributed by atoms with Gasteiger partial charge in [-0.1, -0.05) is 169 Å². The predicted octanol–water partition coefficient (Wildman–Crippen LogP) is 13.1. The highest BCUT2D eigenvalue weighted by molar-refractivity contribution is 6.09. The van der Waals surface area contributed by atoms with Crippen molar-refractivity contribution in [1.82, 2.24) is 14.5 Å². The number of para-hydroxylation sites is 2. The highest BCUT2D eigenvalue weighted by Gasteiger charge is 2.16. The molecule has 0 radical (unpaired) electrons. The van der Waals surface area contributed by atoms with E-state index in [0.29, 0.717) is 22.5 Å². The molecule has 0 fully saturated rings. The predicted molar refractivity (Wildman–Crippen MR) is 221 cm³/mol. The molecular formula is C50H33N3. The first-order chi connectivity index (χ1) is 33.3. The number of hydrogen-bond donors (Lipinski definition) is 0. The van der Waals surface area contributed by atoms with Gasteiger partial charge in [-0.05, 0) is 63.3 Å². The van der Waals surface area contributed by atoms with Gasteiger partial charge >= 0.3 is 0 Å². The minimum absolute atomic E-state index is 0.00704. The van der Waals surface area contributed by atoms with E-state index in [-0.39, 0.29) is 38.9 Å². The second-order valence-corrected chi connectivity index (χ2v) is 12.1. The van der Waals surface area contributed by atoms with Crippen LogP contribution in [0.15, 0.2) is 200 Å². The maximum atomic E-state index is 9.20. The summed E-state index contributed by atoms with van der Waals surface area (Å²) in [5.74, 6) is 0.211. The zero-order chi connectivity index (χ0) is 49.9. The summed E-state index contributed by atoms with van der Waals surface area (Å²) in [7, 11) is 0. The zero-order valence-corrected chi connectivity index (χ0v) is 27.6. The van der Waals surface area contributed by atoms with E-state index < -0.39 is 114 Å². The highest BCUT2D eigenvalue weighted by Crippen LogP contribution is 2.38. The van der Waals surface area contributed by atoms with Crippen LogP contribution in [0, 0.1) is 0 Å². The molecule has 0 aliphatic rings. The van der Waals surface area contributed by atoms with Crippen LogP contribution in [0.5, 0.6) is 0 Å². The smallest absolute Gasteiger partial charge is 0.160 e. The van der Waals surface area contributed by atoms with Gasteiger partial charge in [-0.3, -0.25) is 0 Å². The Kier molecular flexibility index (Phi) is 4.36. The van der Waals surface area contributed by atoms with E-state index in [1.54, 1.807) is 54.6 Å². The Morgan fingerprint density at radius 3 is 1.62 bits per heavy atom. The van der Waals surface area contributed by atoms with E-state index in [1.165, 1.54) is 4.57 Å². The van der Waals surface area contributed by atoms with Crippen LogP contribution in [0.4, 0.5) is 0 Å². The highest BCUT2D eigenvalue weighted by atomic mass is 15.0. The second kappa shape index (κ2) is 12.9. The first-order valence-electron chi connectivity index (χ1n) is 25.1. The van der Waals surface area contributed by atoms with Gasteiger partial charge < -0.3 is 4.57 Å². The SMILES string of the molecule is [2H]c1c([2H])c([2H])c(-c2c([2H])c([2H])c(-c3cc(-c4ccc(-c5ccc(-n6c7c([2H])c([2H])c([2H])c([2H])c7c7c([2H])c([2H])c([2H])c([2H])c76)cc5)c5ccccc45)nc(-c4ccccc4)n3)c([2H])c2[2H])c([2H])c1[2H]. The van der Waals surface area contributed by atoms with Crippen LogP contribution < -0.4 is 0 Å². The van der Waals surface area contributed by atoms with Crippen LogP contribution in [0.25, 0.3) is 94.4 Å². The lowest BCUT2D eigenvalue weighted by Crippen LogP contribution is -1.97. The molecule has 8 aromatic carbocycles. The third-order valence-electron chi connectivity index (χ3n) is 9.06. The van der Waals surface area contributed by atoms with Crippen LogP contribution in [0.2, 0.25) is 0 Å². The van der Waals surface area contributed by atoms with Crippen LogP contribution in [-0.2, 0) is 0 Å². The number of fused-ring (bicyclic) bond motifs is 4. The molecule has 0 spiro atoms. The molecule has 0 unspecified atom stereocenters. The Morgan fingerprint density at radius 2 is 0.925 bits per heavy atom. The molecule has 10 aromatic rings. The minimum atomic E-state index is -0.680. The van der Waals surface area contributed by atoms with Crippen molar-refractivity contribution in [1.29, 1.82) is 0 Å². The lowest BCUT2D eigenvalue weighted by molar-refractivity contribution is 1.18. The summed E-state index contributed by atoms with van der Waals surface area (Å²) >= 11 is 0. The van der Waals surface area contributed by atoms with Crippen LogP contribution in [-0.4, -0.2) is 14.5 Å². The van der Waals surface area contributed by atoms with Crippen molar-refractivity contribution in [3.05, 3.63) is 200 Å². The topological polar surface area (TPSA) is 30.7 Å². The largest absolute Gasteiger partial charge is 0.309 e. The van der Waals surface area contributed by atoms with Gasteiger partial charge in [-0.15, -0.1) is 0 Å². The molecule has 0 aliphatic heterocycles. The monoisotopic (exact) mass is 692 g/mol. The summed E-state index contributed by atoms with van der Waals surface area (Å²) < 4.78 is 148. The summed E-state index contributed by atoms with van der Waals surface area (Å²) in [5, 5.41) is 1.47. The normalized spacial score (nSPS) is 15.9. The van der Waals surface area contributed by atoms with Gasteiger partial charge in [-0.2, -0.15) is 0 Å². The van der Waals surface area contributed by atoms with Gasteiger partial charge in [0.2, 0.25) is 0 Å². The van der Waals surface area contributed by atoms with Crippen molar-refractivity contribution >= 4 is 32.6 Å². The lowest BCUT2D eigenvalue weighted by Gasteiger charge is -2.15. The Bertz CT molecular complexity index is 3780. The van der Waals surface area contributed by atoms with Crippen molar-refractivity contribution in [2.75, 3.05) is 0 Å². The number of benzene rings is 8. The van der Waals surface area contributed by atoms with Gasteiger partial charge in [-0.25, -0.2) is 9.97 Å². The fourth-order valence-corrected chi connectivity index (χ4v) is 6.61. The van der Waals surface area contributed by atoms with Gasteiger partial charge in [0.1, 0.15) is 0 Å². The maximum Gasteiger partial charge on any atom is 0.160 e. The fraction of sp³-hybridized carbons (Fsp3) is 0. The molecule has 53 heavy (non-hydrogen) atoms. The molecule has 2 aromatic heterocycles.